The zero-order chi connectivity index (χ0) is 15.8. The molecule has 1 N–H and O–H groups in total. The first kappa shape index (κ1) is 15.7. The highest BCUT2D eigenvalue weighted by molar-refractivity contribution is 5.98. The van der Waals surface area contributed by atoms with Crippen LogP contribution in [-0.4, -0.2) is 31.2 Å². The van der Waals surface area contributed by atoms with Gasteiger partial charge in [0.2, 0.25) is 11.8 Å². The predicted molar refractivity (Wildman–Crippen MR) is 81.6 cm³/mol. The van der Waals surface area contributed by atoms with E-state index in [9.17, 15) is 5.26 Å². The van der Waals surface area contributed by atoms with Crippen LogP contribution in [0.1, 0.15) is 41.5 Å². The zero-order valence-electron chi connectivity index (χ0n) is 13.8. The summed E-state index contributed by atoms with van der Waals surface area (Å²) in [5.41, 5.74) is 0.452. The lowest BCUT2D eigenvalue weighted by molar-refractivity contribution is 0.213. The minimum absolute atomic E-state index is 0.0187. The fourth-order valence-corrected chi connectivity index (χ4v) is 2.17. The Morgan fingerprint density at radius 1 is 1.14 bits per heavy atom. The third kappa shape index (κ3) is 3.31. The van der Waals surface area contributed by atoms with Crippen LogP contribution in [-0.2, 0) is 9.47 Å². The Kier molecular flexibility index (Phi) is 3.92. The van der Waals surface area contributed by atoms with Gasteiger partial charge in [-0.25, -0.2) is 4.99 Å². The van der Waals surface area contributed by atoms with Gasteiger partial charge in [-0.05, 0) is 10.8 Å². The van der Waals surface area contributed by atoms with Crippen molar-refractivity contribution in [1.82, 2.24) is 5.32 Å². The van der Waals surface area contributed by atoms with Gasteiger partial charge in [0.15, 0.2) is 5.57 Å². The molecular formula is C16H25N3O2. The Morgan fingerprint density at radius 2 is 1.81 bits per heavy atom. The highest BCUT2D eigenvalue weighted by Crippen LogP contribution is 2.30. The van der Waals surface area contributed by atoms with Crippen LogP contribution in [0.5, 0.6) is 0 Å². The predicted octanol–water partition coefficient (Wildman–Crippen LogP) is 2.60. The first-order chi connectivity index (χ1) is 9.63. The Bertz CT molecular complexity index is 515. The van der Waals surface area contributed by atoms with Crippen LogP contribution in [0.4, 0.5) is 0 Å². The number of rotatable bonds is 1. The molecule has 2 aliphatic rings. The average Bonchev–Trinajstić information content (AvgIpc) is 2.96. The van der Waals surface area contributed by atoms with Crippen molar-refractivity contribution in [3.8, 4) is 6.07 Å². The largest absolute Gasteiger partial charge is 0.476 e. The molecule has 2 heterocycles. The van der Waals surface area contributed by atoms with E-state index >= 15 is 0 Å². The topological polar surface area (TPSA) is 66.6 Å². The monoisotopic (exact) mass is 291 g/mol. The number of hydrogen-bond acceptors (Lipinski definition) is 5. The Labute approximate surface area is 127 Å². The van der Waals surface area contributed by atoms with E-state index in [0.717, 1.165) is 0 Å². The fourth-order valence-electron chi connectivity index (χ4n) is 2.17. The van der Waals surface area contributed by atoms with Gasteiger partial charge < -0.3 is 14.8 Å². The molecule has 2 aliphatic heterocycles. The number of aliphatic imine (C=N–C) groups is 1. The lowest BCUT2D eigenvalue weighted by atomic mass is 9.88. The standard InChI is InChI=1S/C16H25N3O2/c1-15(2,3)11-8-20-13(18-11)10(7-17)14-19-12(9-21-14)16(4,5)6/h11-12,18H,8-9H2,1-6H3/b13-10+/t11-,12-/m1/s1. The van der Waals surface area contributed by atoms with Crippen LogP contribution in [0.25, 0.3) is 0 Å². The van der Waals surface area contributed by atoms with Crippen LogP contribution in [0.15, 0.2) is 16.4 Å². The average molecular weight is 291 g/mol. The number of nitrogens with one attached hydrogen (secondary N) is 1. The van der Waals surface area contributed by atoms with Crippen molar-refractivity contribution in [3.05, 3.63) is 11.5 Å². The fraction of sp³-hybridized carbons (Fsp3) is 0.750. The highest BCUT2D eigenvalue weighted by Gasteiger charge is 2.36. The maximum absolute atomic E-state index is 9.44. The summed E-state index contributed by atoms with van der Waals surface area (Å²) < 4.78 is 11.3. The molecular weight excluding hydrogens is 266 g/mol. The number of nitrogens with zero attached hydrogens (tertiary/aromatic N) is 2. The second-order valence-corrected chi connectivity index (χ2v) is 7.82. The third-order valence-corrected chi connectivity index (χ3v) is 3.95. The molecule has 0 aromatic rings. The number of ether oxygens (including phenoxy) is 2. The first-order valence-corrected chi connectivity index (χ1v) is 7.37. The van der Waals surface area contributed by atoms with Crippen molar-refractivity contribution in [1.29, 1.82) is 5.26 Å². The quantitative estimate of drug-likeness (QED) is 0.754. The van der Waals surface area contributed by atoms with E-state index in [2.05, 4.69) is 57.9 Å². The zero-order valence-corrected chi connectivity index (χ0v) is 13.8. The maximum atomic E-state index is 9.44. The molecule has 0 aromatic heterocycles. The van der Waals surface area contributed by atoms with Crippen molar-refractivity contribution >= 4 is 5.90 Å². The van der Waals surface area contributed by atoms with Crippen molar-refractivity contribution in [2.45, 2.75) is 53.6 Å². The molecule has 2 rings (SSSR count). The van der Waals surface area contributed by atoms with Gasteiger partial charge in [0.1, 0.15) is 19.3 Å². The molecule has 0 bridgehead atoms. The van der Waals surface area contributed by atoms with E-state index in [1.165, 1.54) is 0 Å². The Hall–Kier alpha value is -1.70. The van der Waals surface area contributed by atoms with Crippen molar-refractivity contribution in [3.63, 3.8) is 0 Å². The summed E-state index contributed by atoms with van der Waals surface area (Å²) in [5, 5.41) is 12.7. The second-order valence-electron chi connectivity index (χ2n) is 7.82. The third-order valence-electron chi connectivity index (χ3n) is 3.95. The van der Waals surface area contributed by atoms with Crippen molar-refractivity contribution < 1.29 is 9.47 Å². The summed E-state index contributed by atoms with van der Waals surface area (Å²) in [5.74, 6) is 0.889. The minimum atomic E-state index is 0.0187. The van der Waals surface area contributed by atoms with Crippen LogP contribution in [0.3, 0.4) is 0 Å². The van der Waals surface area contributed by atoms with E-state index in [4.69, 9.17) is 9.47 Å². The van der Waals surface area contributed by atoms with Crippen LogP contribution in [0.2, 0.25) is 0 Å². The molecule has 1 saturated heterocycles. The van der Waals surface area contributed by atoms with Crippen LogP contribution in [0, 0.1) is 22.2 Å². The van der Waals surface area contributed by atoms with E-state index in [0.29, 0.717) is 30.6 Å². The normalized spacial score (nSPS) is 28.1. The molecule has 0 amide bonds. The van der Waals surface area contributed by atoms with E-state index in [-0.39, 0.29) is 22.9 Å². The molecule has 5 heteroatoms. The molecule has 1 fully saturated rings. The van der Waals surface area contributed by atoms with Gasteiger partial charge in [0, 0.05) is 0 Å². The van der Waals surface area contributed by atoms with Gasteiger partial charge in [0.05, 0.1) is 12.1 Å². The van der Waals surface area contributed by atoms with E-state index < -0.39 is 0 Å². The summed E-state index contributed by atoms with van der Waals surface area (Å²) in [7, 11) is 0. The molecule has 0 saturated carbocycles. The SMILES string of the molecule is CC(C)(C)[C@H]1COC(/C(C#N)=C2\N[C@@H](C(C)(C)C)CO2)=N1. The molecule has 0 unspecified atom stereocenters. The first-order valence-electron chi connectivity index (χ1n) is 7.37. The molecule has 0 aliphatic carbocycles. The lowest BCUT2D eigenvalue weighted by Crippen LogP contribution is -2.36. The molecule has 0 radical (unpaired) electrons. The summed E-state index contributed by atoms with van der Waals surface area (Å²) in [6.07, 6.45) is 0. The van der Waals surface area contributed by atoms with Gasteiger partial charge in [-0.1, -0.05) is 41.5 Å². The molecule has 0 aromatic carbocycles. The summed E-state index contributed by atoms with van der Waals surface area (Å²) in [4.78, 5) is 4.56. The van der Waals surface area contributed by atoms with E-state index in [1.54, 1.807) is 0 Å². The summed E-state index contributed by atoms with van der Waals surface area (Å²) in [6.45, 7) is 13.8. The van der Waals surface area contributed by atoms with Gasteiger partial charge in [-0.2, -0.15) is 5.26 Å². The molecule has 2 atom stereocenters. The number of hydrogen-bond donors (Lipinski definition) is 1. The molecule has 116 valence electrons. The Morgan fingerprint density at radius 3 is 2.24 bits per heavy atom. The molecule has 0 spiro atoms. The van der Waals surface area contributed by atoms with Crippen LogP contribution >= 0.6 is 0 Å². The molecule has 5 nitrogen and oxygen atoms in total. The van der Waals surface area contributed by atoms with Gasteiger partial charge >= 0.3 is 0 Å². The van der Waals surface area contributed by atoms with Crippen molar-refractivity contribution in [2.24, 2.45) is 15.8 Å². The van der Waals surface area contributed by atoms with E-state index in [1.807, 2.05) is 0 Å². The summed E-state index contributed by atoms with van der Waals surface area (Å²) in [6, 6.07) is 2.41. The van der Waals surface area contributed by atoms with Crippen molar-refractivity contribution in [2.75, 3.05) is 13.2 Å². The van der Waals surface area contributed by atoms with Gasteiger partial charge in [-0.15, -0.1) is 0 Å². The minimum Gasteiger partial charge on any atom is -0.476 e. The second kappa shape index (κ2) is 5.25. The van der Waals surface area contributed by atoms with Gasteiger partial charge in [-0.3, -0.25) is 0 Å². The van der Waals surface area contributed by atoms with Crippen LogP contribution < -0.4 is 5.32 Å². The molecule has 21 heavy (non-hydrogen) atoms. The lowest BCUT2D eigenvalue weighted by Gasteiger charge is -2.24. The smallest absolute Gasteiger partial charge is 0.233 e. The number of nitriles is 1. The van der Waals surface area contributed by atoms with Gasteiger partial charge in [0.25, 0.3) is 0 Å². The Balaban J connectivity index is 2.23. The highest BCUT2D eigenvalue weighted by atomic mass is 16.5. The summed E-state index contributed by atoms with van der Waals surface area (Å²) >= 11 is 0. The maximum Gasteiger partial charge on any atom is 0.233 e.